The summed E-state index contributed by atoms with van der Waals surface area (Å²) in [5, 5.41) is 7.58. The first-order chi connectivity index (χ1) is 9.38. The van der Waals surface area contributed by atoms with Gasteiger partial charge in [0.2, 0.25) is 5.91 Å². The lowest BCUT2D eigenvalue weighted by Gasteiger charge is -2.42. The standard InChI is InChI=1S/C12H20N6O2/c1-8-4-16(3)5-9(2)18(8)12(20)10-6-17(15-14-10)7-11(13)19/h6,8-9H,4-5,7H2,1-3H3,(H2,13,19). The van der Waals surface area contributed by atoms with Crippen molar-refractivity contribution in [2.45, 2.75) is 32.5 Å². The van der Waals surface area contributed by atoms with Crippen molar-refractivity contribution in [1.29, 1.82) is 0 Å². The molecule has 20 heavy (non-hydrogen) atoms. The number of piperazine rings is 1. The van der Waals surface area contributed by atoms with Crippen LogP contribution in [0.5, 0.6) is 0 Å². The zero-order valence-corrected chi connectivity index (χ0v) is 12.0. The number of carbonyl (C=O) groups is 2. The molecule has 1 fully saturated rings. The fourth-order valence-corrected chi connectivity index (χ4v) is 2.75. The molecule has 2 amide bonds. The van der Waals surface area contributed by atoms with Crippen LogP contribution in [0.15, 0.2) is 6.20 Å². The SMILES string of the molecule is CC1CN(C)CC(C)N1C(=O)c1cn(CC(N)=O)nn1. The number of nitrogens with zero attached hydrogens (tertiary/aromatic N) is 5. The van der Waals surface area contributed by atoms with E-state index in [1.165, 1.54) is 10.9 Å². The quantitative estimate of drug-likeness (QED) is 0.760. The molecule has 0 spiro atoms. The van der Waals surface area contributed by atoms with Crippen LogP contribution in [0.4, 0.5) is 0 Å². The van der Waals surface area contributed by atoms with E-state index in [4.69, 9.17) is 5.73 Å². The molecule has 0 aliphatic carbocycles. The Kier molecular flexibility index (Phi) is 4.03. The molecular weight excluding hydrogens is 260 g/mol. The molecule has 1 aliphatic heterocycles. The second-order valence-electron chi connectivity index (χ2n) is 5.40. The molecule has 0 radical (unpaired) electrons. The number of nitrogens with two attached hydrogens (primary N) is 1. The molecule has 2 unspecified atom stereocenters. The van der Waals surface area contributed by atoms with Gasteiger partial charge in [-0.25, -0.2) is 4.68 Å². The molecule has 2 heterocycles. The van der Waals surface area contributed by atoms with Crippen LogP contribution in [0, 0.1) is 0 Å². The maximum absolute atomic E-state index is 12.5. The second-order valence-corrected chi connectivity index (χ2v) is 5.40. The van der Waals surface area contributed by atoms with Gasteiger partial charge in [-0.15, -0.1) is 5.10 Å². The molecule has 0 saturated carbocycles. The fourth-order valence-electron chi connectivity index (χ4n) is 2.75. The number of carbonyl (C=O) groups excluding carboxylic acids is 2. The van der Waals surface area contributed by atoms with Crippen LogP contribution in [0.3, 0.4) is 0 Å². The molecule has 8 nitrogen and oxygen atoms in total. The Morgan fingerprint density at radius 3 is 2.50 bits per heavy atom. The summed E-state index contributed by atoms with van der Waals surface area (Å²) < 4.78 is 1.28. The number of hydrogen-bond donors (Lipinski definition) is 1. The van der Waals surface area contributed by atoms with Crippen LogP contribution in [0.2, 0.25) is 0 Å². The van der Waals surface area contributed by atoms with E-state index in [-0.39, 0.29) is 30.2 Å². The first-order valence-electron chi connectivity index (χ1n) is 6.58. The van der Waals surface area contributed by atoms with E-state index in [1.54, 1.807) is 0 Å². The Hall–Kier alpha value is -1.96. The number of amides is 2. The van der Waals surface area contributed by atoms with Crippen LogP contribution in [-0.4, -0.2) is 68.8 Å². The van der Waals surface area contributed by atoms with Gasteiger partial charge in [-0.3, -0.25) is 9.59 Å². The molecule has 1 aliphatic rings. The van der Waals surface area contributed by atoms with Gasteiger partial charge in [0, 0.05) is 25.2 Å². The van der Waals surface area contributed by atoms with Gasteiger partial charge in [-0.1, -0.05) is 5.21 Å². The molecule has 0 aromatic carbocycles. The first kappa shape index (κ1) is 14.4. The molecule has 8 heteroatoms. The van der Waals surface area contributed by atoms with E-state index in [2.05, 4.69) is 15.2 Å². The van der Waals surface area contributed by atoms with Gasteiger partial charge in [0.15, 0.2) is 5.69 Å². The lowest BCUT2D eigenvalue weighted by atomic mass is 10.1. The van der Waals surface area contributed by atoms with Crippen molar-refractivity contribution in [3.05, 3.63) is 11.9 Å². The summed E-state index contributed by atoms with van der Waals surface area (Å²) in [6.45, 7) is 5.60. The molecule has 2 atom stereocenters. The minimum Gasteiger partial charge on any atom is -0.368 e. The Morgan fingerprint density at radius 2 is 1.95 bits per heavy atom. The minimum atomic E-state index is -0.518. The number of hydrogen-bond acceptors (Lipinski definition) is 5. The third kappa shape index (κ3) is 2.96. The summed E-state index contributed by atoms with van der Waals surface area (Å²) in [6, 6.07) is 0.218. The van der Waals surface area contributed by atoms with Crippen LogP contribution >= 0.6 is 0 Å². The molecule has 110 valence electrons. The number of primary amides is 1. The second kappa shape index (κ2) is 5.58. The van der Waals surface area contributed by atoms with Gasteiger partial charge < -0.3 is 15.5 Å². The fraction of sp³-hybridized carbons (Fsp3) is 0.667. The molecule has 0 bridgehead atoms. The van der Waals surface area contributed by atoms with Crippen LogP contribution in [0.1, 0.15) is 24.3 Å². The molecule has 1 aromatic rings. The lowest BCUT2D eigenvalue weighted by Crippen LogP contribution is -2.57. The predicted octanol–water partition coefficient (Wildman–Crippen LogP) is -1.07. The zero-order valence-electron chi connectivity index (χ0n) is 12.0. The van der Waals surface area contributed by atoms with Crippen LogP contribution in [-0.2, 0) is 11.3 Å². The van der Waals surface area contributed by atoms with E-state index in [0.29, 0.717) is 0 Å². The van der Waals surface area contributed by atoms with Crippen molar-refractivity contribution in [2.24, 2.45) is 5.73 Å². The summed E-state index contributed by atoms with van der Waals surface area (Å²) in [4.78, 5) is 27.3. The molecule has 1 saturated heterocycles. The van der Waals surface area contributed by atoms with Crippen molar-refractivity contribution < 1.29 is 9.59 Å². The van der Waals surface area contributed by atoms with Gasteiger partial charge in [0.25, 0.3) is 5.91 Å². The summed E-state index contributed by atoms with van der Waals surface area (Å²) in [5.74, 6) is -0.677. The predicted molar refractivity (Wildman–Crippen MR) is 71.8 cm³/mol. The maximum Gasteiger partial charge on any atom is 0.276 e. The highest BCUT2D eigenvalue weighted by molar-refractivity contribution is 5.92. The Bertz CT molecular complexity index is 502. The lowest BCUT2D eigenvalue weighted by molar-refractivity contribution is -0.118. The van der Waals surface area contributed by atoms with Crippen molar-refractivity contribution in [3.63, 3.8) is 0 Å². The monoisotopic (exact) mass is 280 g/mol. The average molecular weight is 280 g/mol. The molecular formula is C12H20N6O2. The Morgan fingerprint density at radius 1 is 1.35 bits per heavy atom. The largest absolute Gasteiger partial charge is 0.368 e. The third-order valence-electron chi connectivity index (χ3n) is 3.41. The Balaban J connectivity index is 2.14. The zero-order chi connectivity index (χ0) is 14.9. The smallest absolute Gasteiger partial charge is 0.276 e. The molecule has 2 N–H and O–H groups in total. The first-order valence-corrected chi connectivity index (χ1v) is 6.58. The maximum atomic E-state index is 12.5. The third-order valence-corrected chi connectivity index (χ3v) is 3.41. The topological polar surface area (TPSA) is 97.3 Å². The Labute approximate surface area is 117 Å². The van der Waals surface area contributed by atoms with E-state index in [1.807, 2.05) is 25.8 Å². The van der Waals surface area contributed by atoms with Crippen molar-refractivity contribution >= 4 is 11.8 Å². The van der Waals surface area contributed by atoms with Gasteiger partial charge in [0.05, 0.1) is 6.20 Å². The van der Waals surface area contributed by atoms with Gasteiger partial charge >= 0.3 is 0 Å². The van der Waals surface area contributed by atoms with Gasteiger partial charge in [0.1, 0.15) is 6.54 Å². The van der Waals surface area contributed by atoms with Crippen LogP contribution in [0.25, 0.3) is 0 Å². The summed E-state index contributed by atoms with van der Waals surface area (Å²) in [7, 11) is 2.04. The summed E-state index contributed by atoms with van der Waals surface area (Å²) in [6.07, 6.45) is 1.46. The van der Waals surface area contributed by atoms with Gasteiger partial charge in [-0.05, 0) is 20.9 Å². The van der Waals surface area contributed by atoms with Crippen LogP contribution < -0.4 is 5.73 Å². The number of rotatable bonds is 3. The summed E-state index contributed by atoms with van der Waals surface area (Å²) in [5.41, 5.74) is 5.33. The highest BCUT2D eigenvalue weighted by Crippen LogP contribution is 2.17. The van der Waals surface area contributed by atoms with Crippen molar-refractivity contribution in [3.8, 4) is 0 Å². The van der Waals surface area contributed by atoms with Gasteiger partial charge in [-0.2, -0.15) is 0 Å². The van der Waals surface area contributed by atoms with Crippen molar-refractivity contribution in [1.82, 2.24) is 24.8 Å². The highest BCUT2D eigenvalue weighted by atomic mass is 16.2. The summed E-state index contributed by atoms with van der Waals surface area (Å²) >= 11 is 0. The van der Waals surface area contributed by atoms with E-state index < -0.39 is 5.91 Å². The highest BCUT2D eigenvalue weighted by Gasteiger charge is 2.33. The average Bonchev–Trinajstić information content (AvgIpc) is 2.74. The van der Waals surface area contributed by atoms with E-state index in [9.17, 15) is 9.59 Å². The van der Waals surface area contributed by atoms with Crippen molar-refractivity contribution in [2.75, 3.05) is 20.1 Å². The molecule has 2 rings (SSSR count). The minimum absolute atomic E-state index is 0.0753. The van der Waals surface area contributed by atoms with E-state index in [0.717, 1.165) is 13.1 Å². The number of aromatic nitrogens is 3. The van der Waals surface area contributed by atoms with E-state index >= 15 is 0 Å². The normalized spacial score (nSPS) is 23.9. The molecule has 1 aromatic heterocycles. The number of likely N-dealkylation sites (N-methyl/N-ethyl adjacent to an activating group) is 1.